The molecule has 0 aromatic rings. The van der Waals surface area contributed by atoms with Crippen LogP contribution < -0.4 is 0 Å². The number of esters is 4. The van der Waals surface area contributed by atoms with Gasteiger partial charge in [-0.2, -0.15) is 0 Å². The summed E-state index contributed by atoms with van der Waals surface area (Å²) >= 11 is 0. The molecule has 19 heteroatoms. The van der Waals surface area contributed by atoms with Crippen molar-refractivity contribution in [1.82, 2.24) is 0 Å². The zero-order valence-electron chi connectivity index (χ0n) is 70.3. The maximum absolute atomic E-state index is 13.2. The quantitative estimate of drug-likeness (QED) is 0.0222. The number of unbranched alkanes of at least 4 members (excludes halogenated alkanes) is 60. The first-order valence-corrected chi connectivity index (χ1v) is 48.6. The summed E-state index contributed by atoms with van der Waals surface area (Å²) in [6.45, 7) is 7.33. The Bertz CT molecular complexity index is 2030. The Morgan fingerprint density at radius 1 is 0.252 bits per heavy atom. The van der Waals surface area contributed by atoms with Crippen LogP contribution in [0.15, 0.2) is 0 Å². The molecule has 5 atom stereocenters. The number of phosphoric ester groups is 2. The van der Waals surface area contributed by atoms with Crippen molar-refractivity contribution in [2.24, 2.45) is 5.92 Å². The fraction of sp³-hybridized carbons (Fsp3) is 0.955. The van der Waals surface area contributed by atoms with Gasteiger partial charge < -0.3 is 33.8 Å². The van der Waals surface area contributed by atoms with Crippen molar-refractivity contribution in [1.29, 1.82) is 0 Å². The molecule has 0 heterocycles. The van der Waals surface area contributed by atoms with E-state index < -0.39 is 97.5 Å². The summed E-state index contributed by atoms with van der Waals surface area (Å²) < 4.78 is 68.9. The van der Waals surface area contributed by atoms with E-state index in [1.807, 2.05) is 0 Å². The third-order valence-corrected chi connectivity index (χ3v) is 22.7. The van der Waals surface area contributed by atoms with E-state index in [1.54, 1.807) is 0 Å². The number of aliphatic hydroxyl groups excluding tert-OH is 1. The SMILES string of the molecule is CCCCCCCCCCCCCCCCCCCCCCCCC(=O)O[C@H](COC(=O)CCCCCCCCCCCCCCCCCCCCCCC)COP(=O)(O)OC[C@@H](O)COP(=O)(O)OC[C@@H](COC(=O)CCCCCCCCCCC(C)C)OC(=O)CCCCCCCCCCCCCCC. The van der Waals surface area contributed by atoms with E-state index in [1.165, 1.54) is 302 Å². The lowest BCUT2D eigenvalue weighted by atomic mass is 10.0. The van der Waals surface area contributed by atoms with Crippen LogP contribution in [0.25, 0.3) is 0 Å². The van der Waals surface area contributed by atoms with E-state index in [2.05, 4.69) is 34.6 Å². The van der Waals surface area contributed by atoms with Crippen LogP contribution in [0.2, 0.25) is 0 Å². The smallest absolute Gasteiger partial charge is 0.462 e. The summed E-state index contributed by atoms with van der Waals surface area (Å²) in [5.41, 5.74) is 0. The number of rotatable bonds is 88. The predicted molar refractivity (Wildman–Crippen MR) is 442 cm³/mol. The number of carbonyl (C=O) groups is 4. The highest BCUT2D eigenvalue weighted by Crippen LogP contribution is 2.45. The Morgan fingerprint density at radius 3 is 0.636 bits per heavy atom. The number of carbonyl (C=O) groups excluding carboxylic acids is 4. The lowest BCUT2D eigenvalue weighted by Gasteiger charge is -2.21. The highest BCUT2D eigenvalue weighted by atomic mass is 31.2. The molecular weight excluding hydrogens is 1390 g/mol. The third-order valence-electron chi connectivity index (χ3n) is 20.8. The van der Waals surface area contributed by atoms with Gasteiger partial charge in [0.15, 0.2) is 12.2 Å². The average molecular weight is 1560 g/mol. The first-order valence-electron chi connectivity index (χ1n) is 45.6. The van der Waals surface area contributed by atoms with Crippen LogP contribution in [0.4, 0.5) is 0 Å². The number of phosphoric acid groups is 2. The predicted octanol–water partition coefficient (Wildman–Crippen LogP) is 27.2. The fourth-order valence-corrected chi connectivity index (χ4v) is 15.4. The van der Waals surface area contributed by atoms with Crippen LogP contribution in [-0.4, -0.2) is 96.7 Å². The summed E-state index contributed by atoms with van der Waals surface area (Å²) in [7, 11) is -9.93. The Kier molecular flexibility index (Phi) is 79.2. The molecule has 0 spiro atoms. The molecule has 0 saturated heterocycles. The van der Waals surface area contributed by atoms with Crippen molar-refractivity contribution in [2.45, 2.75) is 496 Å². The maximum atomic E-state index is 13.2. The fourth-order valence-electron chi connectivity index (χ4n) is 13.8. The minimum atomic E-state index is -4.97. The van der Waals surface area contributed by atoms with Crippen LogP contribution >= 0.6 is 15.6 Å². The molecule has 0 amide bonds. The van der Waals surface area contributed by atoms with Gasteiger partial charge in [-0.3, -0.25) is 37.3 Å². The second-order valence-corrected chi connectivity index (χ2v) is 35.0. The number of hydrogen-bond acceptors (Lipinski definition) is 15. The highest BCUT2D eigenvalue weighted by Gasteiger charge is 2.30. The second kappa shape index (κ2) is 80.7. The topological polar surface area (TPSA) is 237 Å². The molecule has 636 valence electrons. The lowest BCUT2D eigenvalue weighted by Crippen LogP contribution is -2.30. The van der Waals surface area contributed by atoms with E-state index >= 15 is 0 Å². The van der Waals surface area contributed by atoms with E-state index in [0.29, 0.717) is 25.7 Å². The first kappa shape index (κ1) is 105. The summed E-state index contributed by atoms with van der Waals surface area (Å²) in [6.07, 6.45) is 75.2. The highest BCUT2D eigenvalue weighted by molar-refractivity contribution is 7.47. The monoisotopic (exact) mass is 1560 g/mol. The van der Waals surface area contributed by atoms with Crippen molar-refractivity contribution < 1.29 is 80.2 Å². The first-order chi connectivity index (χ1) is 52.0. The van der Waals surface area contributed by atoms with Crippen LogP contribution in [0.1, 0.15) is 478 Å². The van der Waals surface area contributed by atoms with Gasteiger partial charge in [-0.25, -0.2) is 9.13 Å². The van der Waals surface area contributed by atoms with Gasteiger partial charge in [0.1, 0.15) is 19.3 Å². The average Bonchev–Trinajstić information content (AvgIpc) is 0.904. The van der Waals surface area contributed by atoms with E-state index in [0.717, 1.165) is 95.8 Å². The van der Waals surface area contributed by atoms with E-state index in [9.17, 15) is 43.2 Å². The molecule has 107 heavy (non-hydrogen) atoms. The van der Waals surface area contributed by atoms with Crippen molar-refractivity contribution in [3.05, 3.63) is 0 Å². The molecule has 0 rings (SSSR count). The van der Waals surface area contributed by atoms with Crippen LogP contribution in [0.3, 0.4) is 0 Å². The molecule has 0 aliphatic rings. The van der Waals surface area contributed by atoms with Gasteiger partial charge in [0.05, 0.1) is 26.4 Å². The van der Waals surface area contributed by atoms with Crippen LogP contribution in [-0.2, 0) is 65.4 Å². The summed E-state index contributed by atoms with van der Waals surface area (Å²) in [5, 5.41) is 10.7. The molecular formula is C88H172O17P2. The Balaban J connectivity index is 5.20. The third kappa shape index (κ3) is 81.9. The van der Waals surface area contributed by atoms with Gasteiger partial charge in [0, 0.05) is 25.7 Å². The van der Waals surface area contributed by atoms with Crippen molar-refractivity contribution in [2.75, 3.05) is 39.6 Å². The Hall–Kier alpha value is -1.94. The summed E-state index contributed by atoms with van der Waals surface area (Å²) in [4.78, 5) is 73.2. The normalized spacial score (nSPS) is 13.7. The largest absolute Gasteiger partial charge is 0.472 e. The molecule has 2 unspecified atom stereocenters. The molecule has 0 saturated carbocycles. The van der Waals surface area contributed by atoms with Crippen LogP contribution in [0.5, 0.6) is 0 Å². The van der Waals surface area contributed by atoms with Crippen LogP contribution in [0, 0.1) is 5.92 Å². The zero-order chi connectivity index (χ0) is 78.3. The van der Waals surface area contributed by atoms with E-state index in [-0.39, 0.29) is 25.7 Å². The zero-order valence-corrected chi connectivity index (χ0v) is 72.1. The van der Waals surface area contributed by atoms with Gasteiger partial charge in [-0.05, 0) is 31.6 Å². The van der Waals surface area contributed by atoms with Crippen molar-refractivity contribution in [3.63, 3.8) is 0 Å². The molecule has 0 aromatic carbocycles. The number of aliphatic hydroxyl groups is 1. The minimum Gasteiger partial charge on any atom is -0.462 e. The molecule has 3 N–H and O–H groups in total. The number of hydrogen-bond donors (Lipinski definition) is 3. The number of ether oxygens (including phenoxy) is 4. The molecule has 17 nitrogen and oxygen atoms in total. The van der Waals surface area contributed by atoms with Gasteiger partial charge in [-0.15, -0.1) is 0 Å². The Morgan fingerprint density at radius 2 is 0.430 bits per heavy atom. The van der Waals surface area contributed by atoms with Gasteiger partial charge in [0.25, 0.3) is 0 Å². The molecule has 0 radical (unpaired) electrons. The van der Waals surface area contributed by atoms with Gasteiger partial charge >= 0.3 is 39.5 Å². The second-order valence-electron chi connectivity index (χ2n) is 32.1. The molecule has 0 bridgehead atoms. The summed E-state index contributed by atoms with van der Waals surface area (Å²) in [5.74, 6) is -1.37. The van der Waals surface area contributed by atoms with Crippen molar-refractivity contribution >= 4 is 39.5 Å². The van der Waals surface area contributed by atoms with Gasteiger partial charge in [-0.1, -0.05) is 426 Å². The molecule has 0 fully saturated rings. The van der Waals surface area contributed by atoms with Gasteiger partial charge in [0.2, 0.25) is 0 Å². The van der Waals surface area contributed by atoms with Crippen molar-refractivity contribution in [3.8, 4) is 0 Å². The Labute approximate surface area is 658 Å². The molecule has 0 aliphatic carbocycles. The van der Waals surface area contributed by atoms with E-state index in [4.69, 9.17) is 37.0 Å². The minimum absolute atomic E-state index is 0.108. The standard InChI is InChI=1S/C88H172O17P2/c1-6-9-12-15-18-21-24-27-29-31-33-35-37-39-41-43-46-49-52-59-64-69-74-88(93)104-83(77-98-85(90)71-66-61-56-50-47-45-42-40-38-36-34-32-30-28-25-22-19-16-13-10-7-2)79-102-106(94,95)100-75-82(89)76-101-107(96,97)103-80-84(78-99-86(91)72-67-62-57-54-53-55-60-65-70-81(4)5)105-87(92)73-68-63-58-51-48-44-26-23-20-17-14-11-8-3/h81-84,89H,6-80H2,1-5H3,(H,94,95)(H,96,97)/t82-,83-,84-/m1/s1. The summed E-state index contributed by atoms with van der Waals surface area (Å²) in [6, 6.07) is 0. The lowest BCUT2D eigenvalue weighted by molar-refractivity contribution is -0.161. The maximum Gasteiger partial charge on any atom is 0.472 e. The molecule has 0 aliphatic heterocycles. The molecule has 0 aromatic heterocycles.